The number of rotatable bonds is 4. The van der Waals surface area contributed by atoms with E-state index >= 15 is 0 Å². The quantitative estimate of drug-likeness (QED) is 0.926. The van der Waals surface area contributed by atoms with E-state index in [1.807, 2.05) is 49.4 Å². The van der Waals surface area contributed by atoms with Crippen LogP contribution >= 0.6 is 0 Å². The number of aliphatic hydroxyl groups is 1. The van der Waals surface area contributed by atoms with Crippen LogP contribution in [0.2, 0.25) is 0 Å². The zero-order valence-corrected chi connectivity index (χ0v) is 14.6. The molecule has 1 heterocycles. The second-order valence-corrected chi connectivity index (χ2v) is 8.27. The van der Waals surface area contributed by atoms with Crippen LogP contribution in [0.5, 0.6) is 0 Å². The summed E-state index contributed by atoms with van der Waals surface area (Å²) in [6.07, 6.45) is 1.64. The molecule has 24 heavy (non-hydrogen) atoms. The zero-order chi connectivity index (χ0) is 17.2. The lowest BCUT2D eigenvalue weighted by molar-refractivity contribution is 0.139. The van der Waals surface area contributed by atoms with E-state index in [0.29, 0.717) is 11.4 Å². The van der Waals surface area contributed by atoms with Crippen LogP contribution < -0.4 is 0 Å². The fraction of sp³-hybridized carbons (Fsp3) is 0.368. The second kappa shape index (κ2) is 7.05. The molecule has 0 amide bonds. The topological polar surface area (TPSA) is 57.6 Å². The van der Waals surface area contributed by atoms with Crippen molar-refractivity contribution in [3.05, 3.63) is 54.6 Å². The van der Waals surface area contributed by atoms with Gasteiger partial charge in [-0.05, 0) is 37.3 Å². The molecule has 1 fully saturated rings. The highest BCUT2D eigenvalue weighted by molar-refractivity contribution is 7.89. The van der Waals surface area contributed by atoms with Gasteiger partial charge in [-0.15, -0.1) is 0 Å². The van der Waals surface area contributed by atoms with Crippen molar-refractivity contribution < 1.29 is 13.5 Å². The van der Waals surface area contributed by atoms with Crippen molar-refractivity contribution in [2.24, 2.45) is 5.92 Å². The first-order valence-electron chi connectivity index (χ1n) is 8.31. The van der Waals surface area contributed by atoms with Crippen LogP contribution in [0.1, 0.15) is 19.8 Å². The normalized spacial score (nSPS) is 22.4. The van der Waals surface area contributed by atoms with Crippen molar-refractivity contribution in [3.8, 4) is 11.1 Å². The third-order valence-electron chi connectivity index (χ3n) is 4.74. The van der Waals surface area contributed by atoms with Crippen molar-refractivity contribution in [1.82, 2.24) is 4.31 Å². The van der Waals surface area contributed by atoms with E-state index in [1.165, 1.54) is 0 Å². The van der Waals surface area contributed by atoms with Gasteiger partial charge in [0.2, 0.25) is 10.0 Å². The highest BCUT2D eigenvalue weighted by atomic mass is 32.2. The molecule has 0 aromatic heterocycles. The van der Waals surface area contributed by atoms with Crippen LogP contribution in [0.4, 0.5) is 0 Å². The predicted molar refractivity (Wildman–Crippen MR) is 95.0 cm³/mol. The van der Waals surface area contributed by atoms with Crippen molar-refractivity contribution in [1.29, 1.82) is 0 Å². The smallest absolute Gasteiger partial charge is 0.243 e. The van der Waals surface area contributed by atoms with Gasteiger partial charge in [-0.3, -0.25) is 0 Å². The average molecular weight is 345 g/mol. The Morgan fingerprint density at radius 1 is 1.04 bits per heavy atom. The number of benzene rings is 2. The Labute approximate surface area is 143 Å². The molecule has 2 aromatic rings. The monoisotopic (exact) mass is 345 g/mol. The summed E-state index contributed by atoms with van der Waals surface area (Å²) in [5.41, 5.74) is 1.61. The Hall–Kier alpha value is -1.69. The van der Waals surface area contributed by atoms with E-state index in [1.54, 1.807) is 16.4 Å². The molecular formula is C19H23NO3S. The minimum absolute atomic E-state index is 0.0138. The zero-order valence-electron chi connectivity index (χ0n) is 13.8. The molecule has 128 valence electrons. The minimum Gasteiger partial charge on any atom is -0.396 e. The Balaban J connectivity index is 2.05. The molecule has 1 saturated heterocycles. The van der Waals surface area contributed by atoms with Gasteiger partial charge in [-0.1, -0.05) is 48.5 Å². The summed E-state index contributed by atoms with van der Waals surface area (Å²) in [6.45, 7) is 2.35. The Morgan fingerprint density at radius 2 is 1.71 bits per heavy atom. The van der Waals surface area contributed by atoms with Crippen LogP contribution in [0.25, 0.3) is 11.1 Å². The molecule has 3 rings (SSSR count). The van der Waals surface area contributed by atoms with E-state index in [2.05, 4.69) is 0 Å². The lowest BCUT2D eigenvalue weighted by Gasteiger charge is -2.36. The maximum atomic E-state index is 13.3. The summed E-state index contributed by atoms with van der Waals surface area (Å²) in [5.74, 6) is 0.0138. The molecule has 0 saturated carbocycles. The average Bonchev–Trinajstić information content (AvgIpc) is 2.63. The van der Waals surface area contributed by atoms with Gasteiger partial charge in [-0.2, -0.15) is 4.31 Å². The molecule has 5 heteroatoms. The van der Waals surface area contributed by atoms with Gasteiger partial charge in [0.15, 0.2) is 0 Å². The molecule has 4 nitrogen and oxygen atoms in total. The summed E-state index contributed by atoms with van der Waals surface area (Å²) < 4.78 is 28.1. The summed E-state index contributed by atoms with van der Waals surface area (Å²) in [5, 5.41) is 9.44. The SMILES string of the molecule is CC1CCC(CO)CN1S(=O)(=O)c1ccccc1-c1ccccc1. The summed E-state index contributed by atoms with van der Waals surface area (Å²) >= 11 is 0. The summed E-state index contributed by atoms with van der Waals surface area (Å²) in [7, 11) is -3.61. The molecule has 2 aromatic carbocycles. The number of hydrogen-bond donors (Lipinski definition) is 1. The molecule has 0 bridgehead atoms. The van der Waals surface area contributed by atoms with Crippen LogP contribution in [0.15, 0.2) is 59.5 Å². The highest BCUT2D eigenvalue weighted by Gasteiger charge is 2.35. The van der Waals surface area contributed by atoms with Crippen LogP contribution in [-0.4, -0.2) is 37.0 Å². The molecular weight excluding hydrogens is 322 g/mol. The van der Waals surface area contributed by atoms with Crippen LogP contribution in [0.3, 0.4) is 0 Å². The van der Waals surface area contributed by atoms with Crippen LogP contribution in [0, 0.1) is 5.92 Å². The van der Waals surface area contributed by atoms with Gasteiger partial charge in [0.1, 0.15) is 0 Å². The number of aliphatic hydroxyl groups excluding tert-OH is 1. The lowest BCUT2D eigenvalue weighted by Crippen LogP contribution is -2.46. The maximum absolute atomic E-state index is 13.3. The van der Waals surface area contributed by atoms with Crippen molar-refractivity contribution in [2.75, 3.05) is 13.2 Å². The van der Waals surface area contributed by atoms with Gasteiger partial charge in [0.25, 0.3) is 0 Å². The fourth-order valence-electron chi connectivity index (χ4n) is 3.30. The first kappa shape index (κ1) is 17.1. The predicted octanol–water partition coefficient (Wildman–Crippen LogP) is 3.14. The van der Waals surface area contributed by atoms with Gasteiger partial charge in [0.05, 0.1) is 4.90 Å². The first-order valence-corrected chi connectivity index (χ1v) is 9.75. The first-order chi connectivity index (χ1) is 11.5. The molecule has 0 aliphatic carbocycles. The molecule has 0 radical (unpaired) electrons. The van der Waals surface area contributed by atoms with Crippen molar-refractivity contribution in [2.45, 2.75) is 30.7 Å². The lowest BCUT2D eigenvalue weighted by atomic mass is 9.96. The van der Waals surface area contributed by atoms with Gasteiger partial charge in [-0.25, -0.2) is 8.42 Å². The van der Waals surface area contributed by atoms with E-state index < -0.39 is 10.0 Å². The summed E-state index contributed by atoms with van der Waals surface area (Å²) in [6, 6.07) is 16.7. The van der Waals surface area contributed by atoms with Gasteiger partial charge >= 0.3 is 0 Å². The standard InChI is InChI=1S/C19H23NO3S/c1-15-11-12-16(14-21)13-20(15)24(22,23)19-10-6-5-9-18(19)17-7-3-2-4-8-17/h2-10,15-16,21H,11-14H2,1H3. The fourth-order valence-corrected chi connectivity index (χ4v) is 5.26. The van der Waals surface area contributed by atoms with E-state index in [-0.39, 0.29) is 18.6 Å². The third-order valence-corrected chi connectivity index (χ3v) is 6.78. The molecule has 2 atom stereocenters. The van der Waals surface area contributed by atoms with Gasteiger partial charge in [0, 0.05) is 24.8 Å². The van der Waals surface area contributed by atoms with Gasteiger partial charge < -0.3 is 5.11 Å². The highest BCUT2D eigenvalue weighted by Crippen LogP contribution is 2.33. The maximum Gasteiger partial charge on any atom is 0.243 e. The minimum atomic E-state index is -3.61. The Morgan fingerprint density at radius 3 is 2.42 bits per heavy atom. The van der Waals surface area contributed by atoms with Crippen molar-refractivity contribution in [3.63, 3.8) is 0 Å². The molecule has 0 spiro atoms. The van der Waals surface area contributed by atoms with Crippen LogP contribution in [-0.2, 0) is 10.0 Å². The van der Waals surface area contributed by atoms with E-state index in [0.717, 1.165) is 24.0 Å². The second-order valence-electron chi connectivity index (χ2n) is 6.41. The van der Waals surface area contributed by atoms with Crippen molar-refractivity contribution >= 4 is 10.0 Å². The molecule has 2 unspecified atom stereocenters. The number of sulfonamides is 1. The third kappa shape index (κ3) is 3.24. The Kier molecular flexibility index (Phi) is 5.04. The number of nitrogens with zero attached hydrogens (tertiary/aromatic N) is 1. The largest absolute Gasteiger partial charge is 0.396 e. The summed E-state index contributed by atoms with van der Waals surface area (Å²) in [4.78, 5) is 0.335. The number of hydrogen-bond acceptors (Lipinski definition) is 3. The van der Waals surface area contributed by atoms with E-state index in [9.17, 15) is 13.5 Å². The Bertz CT molecular complexity index is 789. The molecule has 1 aliphatic heterocycles. The number of piperidine rings is 1. The van der Waals surface area contributed by atoms with E-state index in [4.69, 9.17) is 0 Å². The molecule has 1 N–H and O–H groups in total. The molecule has 1 aliphatic rings.